The summed E-state index contributed by atoms with van der Waals surface area (Å²) >= 11 is 1.57. The Labute approximate surface area is 123 Å². The van der Waals surface area contributed by atoms with E-state index in [1.165, 1.54) is 44.9 Å². The molecule has 0 aromatic carbocycles. The van der Waals surface area contributed by atoms with Crippen LogP contribution in [0.2, 0.25) is 0 Å². The van der Waals surface area contributed by atoms with Crippen LogP contribution in [-0.2, 0) is 4.79 Å². The zero-order valence-electron chi connectivity index (χ0n) is 13.2. The minimum atomic E-state index is -0.704. The SMILES string of the molecule is CCCCC(CCC)CCCCSC(C)(C)C(=O)O. The lowest BCUT2D eigenvalue weighted by Gasteiger charge is -2.19. The number of hydrogen-bond acceptors (Lipinski definition) is 2. The van der Waals surface area contributed by atoms with Gasteiger partial charge in [-0.2, -0.15) is 0 Å². The summed E-state index contributed by atoms with van der Waals surface area (Å²) in [6.07, 6.45) is 10.4. The van der Waals surface area contributed by atoms with E-state index in [4.69, 9.17) is 5.11 Å². The summed E-state index contributed by atoms with van der Waals surface area (Å²) in [5, 5.41) is 9.03. The van der Waals surface area contributed by atoms with Gasteiger partial charge in [0, 0.05) is 0 Å². The molecule has 1 unspecified atom stereocenters. The van der Waals surface area contributed by atoms with Crippen molar-refractivity contribution < 1.29 is 9.90 Å². The van der Waals surface area contributed by atoms with E-state index in [1.54, 1.807) is 25.6 Å². The molecule has 1 atom stereocenters. The molecule has 0 amide bonds. The van der Waals surface area contributed by atoms with Gasteiger partial charge in [-0.3, -0.25) is 4.79 Å². The molecule has 0 radical (unpaired) electrons. The third-order valence-electron chi connectivity index (χ3n) is 3.65. The second-order valence-electron chi connectivity index (χ2n) is 5.96. The van der Waals surface area contributed by atoms with Gasteiger partial charge in [0.2, 0.25) is 0 Å². The van der Waals surface area contributed by atoms with Crippen LogP contribution in [0.1, 0.15) is 79.1 Å². The lowest BCUT2D eigenvalue weighted by molar-refractivity contribution is -0.138. The van der Waals surface area contributed by atoms with Crippen LogP contribution in [0.4, 0.5) is 0 Å². The zero-order valence-corrected chi connectivity index (χ0v) is 14.0. The fourth-order valence-electron chi connectivity index (χ4n) is 2.26. The first-order valence-electron chi connectivity index (χ1n) is 7.81. The van der Waals surface area contributed by atoms with E-state index in [2.05, 4.69) is 13.8 Å². The summed E-state index contributed by atoms with van der Waals surface area (Å²) in [5.41, 5.74) is 0. The van der Waals surface area contributed by atoms with E-state index in [0.717, 1.165) is 18.1 Å². The van der Waals surface area contributed by atoms with Crippen molar-refractivity contribution in [3.8, 4) is 0 Å². The number of hydrogen-bond donors (Lipinski definition) is 1. The molecule has 0 aromatic heterocycles. The Bertz CT molecular complexity index is 239. The second-order valence-corrected chi connectivity index (χ2v) is 7.67. The van der Waals surface area contributed by atoms with Gasteiger partial charge in [0.25, 0.3) is 0 Å². The highest BCUT2D eigenvalue weighted by atomic mass is 32.2. The van der Waals surface area contributed by atoms with Gasteiger partial charge in [-0.05, 0) is 31.9 Å². The van der Waals surface area contributed by atoms with Gasteiger partial charge in [-0.1, -0.05) is 58.8 Å². The standard InChI is InChI=1S/C16H32O2S/c1-5-7-11-14(10-6-2)12-8-9-13-19-16(3,4)15(17)18/h14H,5-13H2,1-4H3,(H,17,18). The Kier molecular flexibility index (Phi) is 10.5. The number of carbonyl (C=O) groups is 1. The first kappa shape index (κ1) is 18.8. The van der Waals surface area contributed by atoms with Crippen molar-refractivity contribution in [1.29, 1.82) is 0 Å². The molecule has 0 rings (SSSR count). The Morgan fingerprint density at radius 3 is 2.21 bits per heavy atom. The predicted molar refractivity (Wildman–Crippen MR) is 85.9 cm³/mol. The molecule has 3 heteroatoms. The van der Waals surface area contributed by atoms with Crippen molar-refractivity contribution in [3.63, 3.8) is 0 Å². The molecular weight excluding hydrogens is 256 g/mol. The van der Waals surface area contributed by atoms with Crippen LogP contribution < -0.4 is 0 Å². The van der Waals surface area contributed by atoms with Gasteiger partial charge in [0.05, 0.1) is 0 Å². The number of carboxylic acid groups (broad SMARTS) is 1. The van der Waals surface area contributed by atoms with E-state index in [-0.39, 0.29) is 0 Å². The lowest BCUT2D eigenvalue weighted by atomic mass is 9.92. The van der Waals surface area contributed by atoms with Crippen molar-refractivity contribution in [1.82, 2.24) is 0 Å². The summed E-state index contributed by atoms with van der Waals surface area (Å²) in [6.45, 7) is 8.11. The highest BCUT2D eigenvalue weighted by Crippen LogP contribution is 2.27. The minimum absolute atomic E-state index is 0.634. The molecule has 0 heterocycles. The van der Waals surface area contributed by atoms with E-state index >= 15 is 0 Å². The molecule has 2 nitrogen and oxygen atoms in total. The normalized spacial score (nSPS) is 13.5. The van der Waals surface area contributed by atoms with Crippen LogP contribution >= 0.6 is 11.8 Å². The zero-order chi connectivity index (χ0) is 14.7. The van der Waals surface area contributed by atoms with Crippen LogP contribution in [0.3, 0.4) is 0 Å². The molecule has 0 aliphatic heterocycles. The van der Waals surface area contributed by atoms with Crippen molar-refractivity contribution in [2.75, 3.05) is 5.75 Å². The number of aliphatic carboxylic acids is 1. The summed E-state index contributed by atoms with van der Waals surface area (Å²) in [5.74, 6) is 1.15. The largest absolute Gasteiger partial charge is 0.480 e. The molecule has 0 aromatic rings. The van der Waals surface area contributed by atoms with Gasteiger partial charge in [-0.25, -0.2) is 0 Å². The van der Waals surface area contributed by atoms with Crippen LogP contribution in [0.25, 0.3) is 0 Å². The lowest BCUT2D eigenvalue weighted by Crippen LogP contribution is -2.27. The van der Waals surface area contributed by atoms with Gasteiger partial charge in [0.1, 0.15) is 4.75 Å². The average molecular weight is 288 g/mol. The topological polar surface area (TPSA) is 37.3 Å². The van der Waals surface area contributed by atoms with E-state index in [1.807, 2.05) is 0 Å². The maximum atomic E-state index is 11.0. The smallest absolute Gasteiger partial charge is 0.319 e. The van der Waals surface area contributed by atoms with Crippen LogP contribution in [-0.4, -0.2) is 21.6 Å². The highest BCUT2D eigenvalue weighted by Gasteiger charge is 2.26. The monoisotopic (exact) mass is 288 g/mol. The maximum Gasteiger partial charge on any atom is 0.319 e. The molecule has 19 heavy (non-hydrogen) atoms. The first-order chi connectivity index (χ1) is 8.94. The molecule has 0 aliphatic carbocycles. The second kappa shape index (κ2) is 10.6. The number of rotatable bonds is 12. The maximum absolute atomic E-state index is 11.0. The van der Waals surface area contributed by atoms with Gasteiger partial charge in [0.15, 0.2) is 0 Å². The van der Waals surface area contributed by atoms with Gasteiger partial charge in [-0.15, -0.1) is 11.8 Å². The first-order valence-corrected chi connectivity index (χ1v) is 8.80. The Morgan fingerprint density at radius 1 is 1.05 bits per heavy atom. The summed E-state index contributed by atoms with van der Waals surface area (Å²) in [7, 11) is 0. The summed E-state index contributed by atoms with van der Waals surface area (Å²) in [6, 6.07) is 0. The molecule has 0 saturated carbocycles. The van der Waals surface area contributed by atoms with Crippen LogP contribution in [0.15, 0.2) is 0 Å². The van der Waals surface area contributed by atoms with Gasteiger partial charge < -0.3 is 5.11 Å². The van der Waals surface area contributed by atoms with Crippen molar-refractivity contribution in [2.45, 2.75) is 83.8 Å². The third kappa shape index (κ3) is 9.37. The van der Waals surface area contributed by atoms with Crippen molar-refractivity contribution in [3.05, 3.63) is 0 Å². The van der Waals surface area contributed by atoms with E-state index in [0.29, 0.717) is 0 Å². The quantitative estimate of drug-likeness (QED) is 0.491. The van der Waals surface area contributed by atoms with Crippen molar-refractivity contribution >= 4 is 17.7 Å². The summed E-state index contributed by atoms with van der Waals surface area (Å²) in [4.78, 5) is 11.0. The molecule has 0 saturated heterocycles. The predicted octanol–water partition coefficient (Wildman–Crippen LogP) is 5.36. The van der Waals surface area contributed by atoms with Crippen LogP contribution in [0, 0.1) is 5.92 Å². The fraction of sp³-hybridized carbons (Fsp3) is 0.938. The molecule has 0 spiro atoms. The number of thioether (sulfide) groups is 1. The molecule has 114 valence electrons. The third-order valence-corrected chi connectivity index (χ3v) is 5.04. The number of unbranched alkanes of at least 4 members (excludes halogenated alkanes) is 2. The molecule has 0 aliphatic rings. The van der Waals surface area contributed by atoms with Crippen LogP contribution in [0.5, 0.6) is 0 Å². The molecular formula is C16H32O2S. The highest BCUT2D eigenvalue weighted by molar-refractivity contribution is 8.01. The van der Waals surface area contributed by atoms with E-state index in [9.17, 15) is 4.79 Å². The molecule has 1 N–H and O–H groups in total. The van der Waals surface area contributed by atoms with E-state index < -0.39 is 10.7 Å². The Morgan fingerprint density at radius 2 is 1.68 bits per heavy atom. The molecule has 0 bridgehead atoms. The van der Waals surface area contributed by atoms with Crippen molar-refractivity contribution in [2.24, 2.45) is 5.92 Å². The molecule has 0 fully saturated rings. The van der Waals surface area contributed by atoms with Gasteiger partial charge >= 0.3 is 5.97 Å². The Balaban J connectivity index is 3.73. The average Bonchev–Trinajstić information content (AvgIpc) is 2.35. The fourth-order valence-corrected chi connectivity index (χ4v) is 3.24. The Hall–Kier alpha value is -0.180. The number of carboxylic acids is 1. The minimum Gasteiger partial charge on any atom is -0.480 e. The summed E-state index contributed by atoms with van der Waals surface area (Å²) < 4.78 is -0.634.